The molecule has 6 nitrogen and oxygen atoms in total. The predicted octanol–water partition coefficient (Wildman–Crippen LogP) is 5.78. The van der Waals surface area contributed by atoms with Gasteiger partial charge in [0.1, 0.15) is 23.1 Å². The van der Waals surface area contributed by atoms with Crippen molar-refractivity contribution in [2.45, 2.75) is 20.0 Å². The molecule has 4 rings (SSSR count). The Kier molecular flexibility index (Phi) is 7.12. The third-order valence-corrected chi connectivity index (χ3v) is 5.63. The highest BCUT2D eigenvalue weighted by Gasteiger charge is 2.13. The molecule has 3 aromatic carbocycles. The van der Waals surface area contributed by atoms with Crippen LogP contribution in [-0.4, -0.2) is 16.9 Å². The minimum Gasteiger partial charge on any atom is -0.457 e. The summed E-state index contributed by atoms with van der Waals surface area (Å²) in [6.07, 6.45) is 0.159. The van der Waals surface area contributed by atoms with Gasteiger partial charge in [0.25, 0.3) is 0 Å². The van der Waals surface area contributed by atoms with Crippen molar-refractivity contribution < 1.29 is 19.1 Å². The van der Waals surface area contributed by atoms with E-state index in [-0.39, 0.29) is 18.9 Å². The van der Waals surface area contributed by atoms with E-state index in [1.165, 1.54) is 11.3 Å². The highest BCUT2D eigenvalue weighted by atomic mass is 32.1. The van der Waals surface area contributed by atoms with E-state index in [1.807, 2.05) is 61.5 Å². The molecule has 0 spiro atoms. The highest BCUT2D eigenvalue weighted by Crippen LogP contribution is 2.22. The van der Waals surface area contributed by atoms with Crippen LogP contribution < -0.4 is 10.1 Å². The first-order valence-electron chi connectivity index (χ1n) is 10.4. The van der Waals surface area contributed by atoms with E-state index < -0.39 is 5.97 Å². The van der Waals surface area contributed by atoms with E-state index in [2.05, 4.69) is 10.3 Å². The maximum absolute atomic E-state index is 12.5. The molecule has 166 valence electrons. The molecule has 1 N–H and O–H groups in total. The molecule has 7 heteroatoms. The van der Waals surface area contributed by atoms with Crippen molar-refractivity contribution >= 4 is 28.9 Å². The first-order valence-corrected chi connectivity index (χ1v) is 11.2. The summed E-state index contributed by atoms with van der Waals surface area (Å²) in [6.45, 7) is 1.97. The van der Waals surface area contributed by atoms with Crippen molar-refractivity contribution in [3.63, 3.8) is 0 Å². The Morgan fingerprint density at radius 2 is 1.70 bits per heavy atom. The molecule has 0 radical (unpaired) electrons. The molecule has 0 aliphatic heterocycles. The Bertz CT molecular complexity index is 1250. The second-order valence-electron chi connectivity index (χ2n) is 7.29. The normalized spacial score (nSPS) is 10.5. The van der Waals surface area contributed by atoms with Crippen molar-refractivity contribution in [2.75, 3.05) is 5.32 Å². The minimum absolute atomic E-state index is 0.0263. The lowest BCUT2D eigenvalue weighted by Gasteiger charge is -2.08. The van der Waals surface area contributed by atoms with Crippen LogP contribution in [0.4, 0.5) is 5.69 Å². The van der Waals surface area contributed by atoms with Crippen molar-refractivity contribution in [3.05, 3.63) is 106 Å². The number of aromatic nitrogens is 1. The van der Waals surface area contributed by atoms with Gasteiger partial charge in [0, 0.05) is 11.1 Å². The number of aryl methyl sites for hydroxylation is 1. The number of para-hydroxylation sites is 2. The Balaban J connectivity index is 1.30. The van der Waals surface area contributed by atoms with Crippen LogP contribution in [0.15, 0.2) is 84.2 Å². The molecular formula is C26H22N2O4S. The van der Waals surface area contributed by atoms with Gasteiger partial charge in [0.2, 0.25) is 5.91 Å². The number of nitrogens with zero attached hydrogens (tertiary/aromatic N) is 1. The summed E-state index contributed by atoms with van der Waals surface area (Å²) in [7, 11) is 0. The van der Waals surface area contributed by atoms with E-state index in [0.717, 1.165) is 11.3 Å². The first kappa shape index (κ1) is 22.2. The number of rotatable bonds is 8. The van der Waals surface area contributed by atoms with Gasteiger partial charge in [-0.25, -0.2) is 9.78 Å². The second-order valence-corrected chi connectivity index (χ2v) is 8.23. The quantitative estimate of drug-likeness (QED) is 0.339. The number of carbonyl (C=O) groups is 2. The molecule has 1 aromatic heterocycles. The van der Waals surface area contributed by atoms with Crippen LogP contribution in [-0.2, 0) is 22.6 Å². The monoisotopic (exact) mass is 458 g/mol. The molecule has 0 aliphatic rings. The lowest BCUT2D eigenvalue weighted by Crippen LogP contribution is -2.15. The molecule has 1 heterocycles. The van der Waals surface area contributed by atoms with Gasteiger partial charge in [-0.3, -0.25) is 4.79 Å². The standard InChI is InChI=1S/C26H22N2O4S/c1-18-8-5-6-13-23(18)28-24(29)15-25-27-20(17-33-25)16-31-26(30)19-9-7-12-22(14-19)32-21-10-3-2-4-11-21/h2-14,17H,15-16H2,1H3,(H,28,29). The summed E-state index contributed by atoms with van der Waals surface area (Å²) in [5.74, 6) is 0.619. The smallest absolute Gasteiger partial charge is 0.338 e. The van der Waals surface area contributed by atoms with Crippen LogP contribution in [0.2, 0.25) is 0 Å². The third-order valence-electron chi connectivity index (χ3n) is 4.73. The molecule has 33 heavy (non-hydrogen) atoms. The lowest BCUT2D eigenvalue weighted by molar-refractivity contribution is -0.115. The van der Waals surface area contributed by atoms with Crippen LogP contribution in [0.3, 0.4) is 0 Å². The largest absolute Gasteiger partial charge is 0.457 e. The average Bonchev–Trinajstić information content (AvgIpc) is 3.27. The van der Waals surface area contributed by atoms with Crippen molar-refractivity contribution in [1.29, 1.82) is 0 Å². The molecule has 0 saturated carbocycles. The van der Waals surface area contributed by atoms with Gasteiger partial charge in [-0.05, 0) is 48.9 Å². The molecule has 0 unspecified atom stereocenters. The fourth-order valence-corrected chi connectivity index (χ4v) is 3.85. The molecule has 1 amide bonds. The Hall–Kier alpha value is -3.97. The summed E-state index contributed by atoms with van der Waals surface area (Å²) in [6, 6.07) is 23.8. The van der Waals surface area contributed by atoms with E-state index >= 15 is 0 Å². The topological polar surface area (TPSA) is 77.5 Å². The Labute approximate surface area is 195 Å². The third kappa shape index (κ3) is 6.27. The minimum atomic E-state index is -0.472. The highest BCUT2D eigenvalue weighted by molar-refractivity contribution is 7.09. The number of hydrogen-bond donors (Lipinski definition) is 1. The molecular weight excluding hydrogens is 436 g/mol. The SMILES string of the molecule is Cc1ccccc1NC(=O)Cc1nc(COC(=O)c2cccc(Oc3ccccc3)c2)cs1. The van der Waals surface area contributed by atoms with Crippen molar-refractivity contribution in [1.82, 2.24) is 4.98 Å². The Morgan fingerprint density at radius 1 is 0.939 bits per heavy atom. The number of hydrogen-bond acceptors (Lipinski definition) is 6. The van der Waals surface area contributed by atoms with Crippen LogP contribution >= 0.6 is 11.3 Å². The van der Waals surface area contributed by atoms with E-state index in [0.29, 0.717) is 27.8 Å². The molecule has 0 bridgehead atoms. The Morgan fingerprint density at radius 3 is 2.52 bits per heavy atom. The molecule has 4 aromatic rings. The van der Waals surface area contributed by atoms with Gasteiger partial charge >= 0.3 is 5.97 Å². The number of carbonyl (C=O) groups excluding carboxylic acids is 2. The summed E-state index contributed by atoms with van der Waals surface area (Å²) < 4.78 is 11.2. The number of esters is 1. The zero-order valence-electron chi connectivity index (χ0n) is 18.0. The van der Waals surface area contributed by atoms with Gasteiger partial charge in [-0.1, -0.05) is 42.5 Å². The van der Waals surface area contributed by atoms with E-state index in [9.17, 15) is 9.59 Å². The summed E-state index contributed by atoms with van der Waals surface area (Å²) in [4.78, 5) is 29.2. The predicted molar refractivity (Wildman–Crippen MR) is 128 cm³/mol. The van der Waals surface area contributed by atoms with E-state index in [1.54, 1.807) is 29.6 Å². The number of benzene rings is 3. The number of ether oxygens (including phenoxy) is 2. The first-order chi connectivity index (χ1) is 16.1. The van der Waals surface area contributed by atoms with Crippen LogP contribution in [0.1, 0.15) is 26.6 Å². The van der Waals surface area contributed by atoms with Crippen LogP contribution in [0.5, 0.6) is 11.5 Å². The zero-order valence-corrected chi connectivity index (χ0v) is 18.8. The van der Waals surface area contributed by atoms with Crippen LogP contribution in [0.25, 0.3) is 0 Å². The number of anilines is 1. The fraction of sp³-hybridized carbons (Fsp3) is 0.115. The molecule has 0 aliphatic carbocycles. The van der Waals surface area contributed by atoms with Gasteiger partial charge in [-0.15, -0.1) is 11.3 Å². The molecule has 0 atom stereocenters. The summed E-state index contributed by atoms with van der Waals surface area (Å²) in [5.41, 5.74) is 2.77. The summed E-state index contributed by atoms with van der Waals surface area (Å²) in [5, 5.41) is 5.34. The number of nitrogens with one attached hydrogen (secondary N) is 1. The maximum Gasteiger partial charge on any atom is 0.338 e. The number of thiazole rings is 1. The van der Waals surface area contributed by atoms with Crippen molar-refractivity contribution in [2.24, 2.45) is 0 Å². The molecule has 0 fully saturated rings. The van der Waals surface area contributed by atoms with Gasteiger partial charge < -0.3 is 14.8 Å². The van der Waals surface area contributed by atoms with Gasteiger partial charge in [-0.2, -0.15) is 0 Å². The average molecular weight is 459 g/mol. The lowest BCUT2D eigenvalue weighted by atomic mass is 10.2. The van der Waals surface area contributed by atoms with E-state index in [4.69, 9.17) is 9.47 Å². The fourth-order valence-electron chi connectivity index (χ4n) is 3.08. The van der Waals surface area contributed by atoms with Gasteiger partial charge in [0.15, 0.2) is 0 Å². The van der Waals surface area contributed by atoms with Crippen LogP contribution in [0, 0.1) is 6.92 Å². The van der Waals surface area contributed by atoms with Gasteiger partial charge in [0.05, 0.1) is 17.7 Å². The van der Waals surface area contributed by atoms with Crippen molar-refractivity contribution in [3.8, 4) is 11.5 Å². The second kappa shape index (κ2) is 10.6. The number of amides is 1. The maximum atomic E-state index is 12.5. The summed E-state index contributed by atoms with van der Waals surface area (Å²) >= 11 is 1.36. The zero-order chi connectivity index (χ0) is 23.0. The molecule has 0 saturated heterocycles.